The fourth-order valence-corrected chi connectivity index (χ4v) is 6.56. The molecule has 0 heterocycles. The van der Waals surface area contributed by atoms with Crippen molar-refractivity contribution in [2.75, 3.05) is 6.61 Å². The minimum atomic E-state index is -0.779. The number of ether oxygens (including phenoxy) is 2. The first kappa shape index (κ1) is 26.5. The summed E-state index contributed by atoms with van der Waals surface area (Å²) in [5.41, 5.74) is 0.107. The van der Waals surface area contributed by atoms with Gasteiger partial charge in [-0.2, -0.15) is 0 Å². The standard InChI is InChI=1S/C33H27F2O3S/c34-26-8-14-29(15-9-26)39(30-16-10-27(35)11-17-30)31-18-12-28(13-19-31)37-24-32(36)38-33(21-4-5-22-33)23-20-25-6-2-1-3-7-25/h1-3,6-19H,4-5,21-22,24H2/q+1. The second-order valence-corrected chi connectivity index (χ2v) is 11.3. The van der Waals surface area contributed by atoms with Gasteiger partial charge in [-0.25, -0.2) is 13.6 Å². The van der Waals surface area contributed by atoms with Gasteiger partial charge in [-0.05, 0) is 117 Å². The highest BCUT2D eigenvalue weighted by atomic mass is 32.2. The maximum absolute atomic E-state index is 13.6. The molecule has 39 heavy (non-hydrogen) atoms. The summed E-state index contributed by atoms with van der Waals surface area (Å²) in [5.74, 6) is 5.78. The molecule has 0 aromatic heterocycles. The van der Waals surface area contributed by atoms with Gasteiger partial charge in [0, 0.05) is 5.56 Å². The monoisotopic (exact) mass is 541 g/mol. The number of carbonyl (C=O) groups excluding carboxylic acids is 1. The van der Waals surface area contributed by atoms with E-state index in [0.717, 1.165) is 33.1 Å². The second-order valence-electron chi connectivity index (χ2n) is 9.27. The summed E-state index contributed by atoms with van der Waals surface area (Å²) in [6.45, 7) is -0.226. The maximum atomic E-state index is 13.6. The van der Waals surface area contributed by atoms with E-state index in [0.29, 0.717) is 18.6 Å². The Balaban J connectivity index is 1.26. The number of esters is 1. The molecule has 4 aromatic carbocycles. The van der Waals surface area contributed by atoms with Crippen LogP contribution in [0.5, 0.6) is 5.75 Å². The van der Waals surface area contributed by atoms with Gasteiger partial charge in [0.1, 0.15) is 17.4 Å². The Bertz CT molecular complexity index is 1410. The number of hydrogen-bond acceptors (Lipinski definition) is 3. The summed E-state index contributed by atoms with van der Waals surface area (Å²) in [6.07, 6.45) is 3.34. The van der Waals surface area contributed by atoms with Gasteiger partial charge >= 0.3 is 5.97 Å². The highest BCUT2D eigenvalue weighted by Gasteiger charge is 2.36. The predicted octanol–water partition coefficient (Wildman–Crippen LogP) is 7.35. The maximum Gasteiger partial charge on any atom is 0.345 e. The van der Waals surface area contributed by atoms with E-state index in [1.54, 1.807) is 36.4 Å². The number of benzene rings is 4. The van der Waals surface area contributed by atoms with Gasteiger partial charge in [-0.1, -0.05) is 24.1 Å². The van der Waals surface area contributed by atoms with E-state index in [1.807, 2.05) is 42.5 Å². The molecule has 0 atom stereocenters. The van der Waals surface area contributed by atoms with Crippen molar-refractivity contribution in [2.24, 2.45) is 0 Å². The van der Waals surface area contributed by atoms with Crippen molar-refractivity contribution >= 4 is 16.9 Å². The van der Waals surface area contributed by atoms with Gasteiger partial charge in [0.2, 0.25) is 0 Å². The molecule has 1 aliphatic rings. The summed E-state index contributed by atoms with van der Waals surface area (Å²) in [4.78, 5) is 15.5. The summed E-state index contributed by atoms with van der Waals surface area (Å²) in [5, 5.41) is 0. The van der Waals surface area contributed by atoms with Crippen molar-refractivity contribution in [3.63, 3.8) is 0 Å². The van der Waals surface area contributed by atoms with Crippen molar-refractivity contribution in [3.8, 4) is 17.6 Å². The van der Waals surface area contributed by atoms with Crippen molar-refractivity contribution < 1.29 is 23.0 Å². The Labute approximate surface area is 230 Å². The molecule has 6 heteroatoms. The molecule has 0 saturated heterocycles. The van der Waals surface area contributed by atoms with E-state index < -0.39 is 22.5 Å². The molecule has 0 unspecified atom stereocenters. The molecular formula is C33H27F2O3S+. The van der Waals surface area contributed by atoms with Gasteiger partial charge in [0.25, 0.3) is 0 Å². The summed E-state index contributed by atoms with van der Waals surface area (Å²) in [6, 6.07) is 29.7. The molecule has 0 amide bonds. The van der Waals surface area contributed by atoms with Crippen LogP contribution in [-0.4, -0.2) is 18.2 Å². The third-order valence-electron chi connectivity index (χ3n) is 6.44. The zero-order valence-corrected chi connectivity index (χ0v) is 22.1. The van der Waals surface area contributed by atoms with Crippen LogP contribution in [0.25, 0.3) is 0 Å². The van der Waals surface area contributed by atoms with Crippen molar-refractivity contribution in [3.05, 3.63) is 120 Å². The summed E-state index contributed by atoms with van der Waals surface area (Å²) >= 11 is 0. The molecule has 1 aliphatic carbocycles. The summed E-state index contributed by atoms with van der Waals surface area (Å²) in [7, 11) is -0.575. The normalized spacial score (nSPS) is 13.9. The molecular weight excluding hydrogens is 514 g/mol. The minimum Gasteiger partial charge on any atom is -0.482 e. The fourth-order valence-electron chi connectivity index (χ4n) is 4.52. The van der Waals surface area contributed by atoms with Crippen LogP contribution in [0.4, 0.5) is 8.78 Å². The van der Waals surface area contributed by atoms with Crippen LogP contribution < -0.4 is 4.74 Å². The molecule has 5 rings (SSSR count). The molecule has 3 nitrogen and oxygen atoms in total. The first-order valence-electron chi connectivity index (χ1n) is 12.8. The van der Waals surface area contributed by atoms with E-state index in [2.05, 4.69) is 11.8 Å². The average molecular weight is 542 g/mol. The van der Waals surface area contributed by atoms with Gasteiger partial charge in [-0.3, -0.25) is 0 Å². The van der Waals surface area contributed by atoms with E-state index in [4.69, 9.17) is 9.47 Å². The van der Waals surface area contributed by atoms with Crippen LogP contribution in [0.1, 0.15) is 31.2 Å². The van der Waals surface area contributed by atoms with Crippen LogP contribution in [0.15, 0.2) is 118 Å². The smallest absolute Gasteiger partial charge is 0.345 e. The predicted molar refractivity (Wildman–Crippen MR) is 148 cm³/mol. The zero-order chi connectivity index (χ0) is 27.1. The number of halogens is 2. The molecule has 0 aliphatic heterocycles. The lowest BCUT2D eigenvalue weighted by Gasteiger charge is -2.23. The highest BCUT2D eigenvalue weighted by molar-refractivity contribution is 7.97. The lowest BCUT2D eigenvalue weighted by atomic mass is 10.0. The second kappa shape index (κ2) is 12.2. The molecule has 196 valence electrons. The Morgan fingerprint density at radius 3 is 1.79 bits per heavy atom. The summed E-state index contributed by atoms with van der Waals surface area (Å²) < 4.78 is 38.7. The fraction of sp³-hybridized carbons (Fsp3) is 0.182. The molecule has 1 saturated carbocycles. The Kier molecular flexibility index (Phi) is 8.29. The molecule has 0 N–H and O–H groups in total. The van der Waals surface area contributed by atoms with Gasteiger partial charge < -0.3 is 9.47 Å². The van der Waals surface area contributed by atoms with Crippen LogP contribution in [-0.2, 0) is 20.4 Å². The van der Waals surface area contributed by atoms with E-state index in [-0.39, 0.29) is 18.2 Å². The van der Waals surface area contributed by atoms with E-state index in [9.17, 15) is 13.6 Å². The zero-order valence-electron chi connectivity index (χ0n) is 21.2. The number of carbonyl (C=O) groups is 1. The minimum absolute atomic E-state index is 0.226. The molecule has 0 radical (unpaired) electrons. The molecule has 0 spiro atoms. The topological polar surface area (TPSA) is 35.5 Å². The first-order valence-corrected chi connectivity index (χ1v) is 14.0. The number of hydrogen-bond donors (Lipinski definition) is 0. The Morgan fingerprint density at radius 2 is 1.26 bits per heavy atom. The Morgan fingerprint density at radius 1 is 0.744 bits per heavy atom. The largest absolute Gasteiger partial charge is 0.482 e. The van der Waals surface area contributed by atoms with Gasteiger partial charge in [-0.15, -0.1) is 0 Å². The Hall–Kier alpha value is -4.08. The number of rotatable bonds is 7. The van der Waals surface area contributed by atoms with Crippen LogP contribution >= 0.6 is 0 Å². The third kappa shape index (κ3) is 6.87. The average Bonchev–Trinajstić information content (AvgIpc) is 3.42. The van der Waals surface area contributed by atoms with Crippen LogP contribution in [0, 0.1) is 23.5 Å². The molecule has 4 aromatic rings. The van der Waals surface area contributed by atoms with Crippen LogP contribution in [0.3, 0.4) is 0 Å². The highest BCUT2D eigenvalue weighted by Crippen LogP contribution is 2.34. The van der Waals surface area contributed by atoms with E-state index >= 15 is 0 Å². The lowest BCUT2D eigenvalue weighted by Crippen LogP contribution is -2.32. The van der Waals surface area contributed by atoms with Crippen molar-refractivity contribution in [1.29, 1.82) is 0 Å². The van der Waals surface area contributed by atoms with E-state index in [1.165, 1.54) is 24.3 Å². The first-order chi connectivity index (χ1) is 19.0. The molecule has 0 bridgehead atoms. The van der Waals surface area contributed by atoms with Crippen molar-refractivity contribution in [1.82, 2.24) is 0 Å². The quantitative estimate of drug-likeness (QED) is 0.139. The third-order valence-corrected chi connectivity index (χ3v) is 8.67. The molecule has 1 fully saturated rings. The van der Waals surface area contributed by atoms with Crippen molar-refractivity contribution in [2.45, 2.75) is 46.0 Å². The lowest BCUT2D eigenvalue weighted by molar-refractivity contribution is -0.156. The van der Waals surface area contributed by atoms with Crippen LogP contribution in [0.2, 0.25) is 0 Å². The SMILES string of the molecule is O=C(COc1ccc([S+](c2ccc(F)cc2)c2ccc(F)cc2)cc1)OC1(C#Cc2ccccc2)CCCC1. The van der Waals surface area contributed by atoms with Gasteiger partial charge in [0.05, 0.1) is 10.9 Å². The van der Waals surface area contributed by atoms with Gasteiger partial charge in [0.15, 0.2) is 26.9 Å².